The normalized spacial score (nSPS) is 9.08. The van der Waals surface area contributed by atoms with E-state index in [1.54, 1.807) is 24.3 Å². The third-order valence-corrected chi connectivity index (χ3v) is 1.57. The Labute approximate surface area is 75.9 Å². The van der Waals surface area contributed by atoms with Gasteiger partial charge in [-0.15, -0.1) is 0 Å². The van der Waals surface area contributed by atoms with E-state index >= 15 is 0 Å². The topological polar surface area (TPSA) is 29.1 Å². The predicted molar refractivity (Wildman–Crippen MR) is 47.8 cm³/mol. The standard InChI is InChI=1S/C9H7ClNO/c1-2-11-9(12)7-3-5-8(10)6-4-7/h1-6H,(H,11,12). The van der Waals surface area contributed by atoms with Gasteiger partial charge in [-0.25, -0.2) is 0 Å². The molecule has 0 saturated carbocycles. The summed E-state index contributed by atoms with van der Waals surface area (Å²) >= 11 is 5.63. The van der Waals surface area contributed by atoms with Crippen LogP contribution < -0.4 is 5.32 Å². The lowest BCUT2D eigenvalue weighted by Gasteiger charge is -1.98. The van der Waals surface area contributed by atoms with Crippen LogP contribution in [0.15, 0.2) is 30.5 Å². The minimum atomic E-state index is -0.242. The Hall–Kier alpha value is -1.28. The van der Waals surface area contributed by atoms with Crippen LogP contribution in [0.5, 0.6) is 0 Å². The van der Waals surface area contributed by atoms with Crippen molar-refractivity contribution in [2.75, 3.05) is 0 Å². The molecule has 1 rings (SSSR count). The zero-order valence-electron chi connectivity index (χ0n) is 6.25. The molecule has 0 unspecified atom stereocenters. The van der Waals surface area contributed by atoms with Crippen LogP contribution in [0.4, 0.5) is 0 Å². The Bertz CT molecular complexity index is 292. The molecule has 0 fully saturated rings. The summed E-state index contributed by atoms with van der Waals surface area (Å²) in [6.07, 6.45) is 1.09. The Morgan fingerprint density at radius 1 is 1.42 bits per heavy atom. The van der Waals surface area contributed by atoms with E-state index in [0.717, 1.165) is 6.20 Å². The first-order valence-corrected chi connectivity index (χ1v) is 3.71. The summed E-state index contributed by atoms with van der Waals surface area (Å²) in [6.45, 7) is 5.01. The first-order valence-electron chi connectivity index (χ1n) is 3.34. The third-order valence-electron chi connectivity index (χ3n) is 1.32. The van der Waals surface area contributed by atoms with Gasteiger partial charge in [0, 0.05) is 16.8 Å². The molecule has 3 heteroatoms. The lowest BCUT2D eigenvalue weighted by molar-refractivity contribution is 0.0970. The third kappa shape index (κ3) is 2.10. The summed E-state index contributed by atoms with van der Waals surface area (Å²) in [5, 5.41) is 2.95. The van der Waals surface area contributed by atoms with Gasteiger partial charge in [0.15, 0.2) is 0 Å². The zero-order valence-corrected chi connectivity index (χ0v) is 7.01. The second-order valence-electron chi connectivity index (χ2n) is 2.15. The van der Waals surface area contributed by atoms with Crippen LogP contribution in [0.25, 0.3) is 0 Å². The molecular formula is C9H7ClNO. The second-order valence-corrected chi connectivity index (χ2v) is 2.58. The van der Waals surface area contributed by atoms with Crippen LogP contribution in [0, 0.1) is 6.58 Å². The molecule has 0 spiro atoms. The van der Waals surface area contributed by atoms with Crippen molar-refractivity contribution in [3.63, 3.8) is 0 Å². The van der Waals surface area contributed by atoms with Crippen LogP contribution in [-0.2, 0) is 0 Å². The Morgan fingerprint density at radius 2 is 2.00 bits per heavy atom. The SMILES string of the molecule is [CH]=CNC(=O)c1ccc(Cl)cc1. The summed E-state index contributed by atoms with van der Waals surface area (Å²) < 4.78 is 0. The highest BCUT2D eigenvalue weighted by molar-refractivity contribution is 6.30. The van der Waals surface area contributed by atoms with Gasteiger partial charge in [-0.1, -0.05) is 11.6 Å². The zero-order chi connectivity index (χ0) is 8.97. The maximum absolute atomic E-state index is 11.1. The number of carbonyl (C=O) groups is 1. The van der Waals surface area contributed by atoms with Gasteiger partial charge in [-0.3, -0.25) is 4.79 Å². The minimum absolute atomic E-state index is 0.242. The van der Waals surface area contributed by atoms with Gasteiger partial charge in [0.1, 0.15) is 0 Å². The number of benzene rings is 1. The van der Waals surface area contributed by atoms with E-state index in [1.165, 1.54) is 0 Å². The first kappa shape index (κ1) is 8.81. The van der Waals surface area contributed by atoms with Gasteiger partial charge in [0.05, 0.1) is 0 Å². The lowest BCUT2D eigenvalue weighted by Crippen LogP contribution is -2.16. The molecule has 0 aliphatic carbocycles. The molecular weight excluding hydrogens is 174 g/mol. The minimum Gasteiger partial charge on any atom is -0.329 e. The summed E-state index contributed by atoms with van der Waals surface area (Å²) in [5.74, 6) is -0.242. The van der Waals surface area contributed by atoms with Gasteiger partial charge in [0.2, 0.25) is 0 Å². The number of rotatable bonds is 2. The van der Waals surface area contributed by atoms with Crippen LogP contribution in [0.2, 0.25) is 5.02 Å². The number of amides is 1. The monoisotopic (exact) mass is 180 g/mol. The summed E-state index contributed by atoms with van der Waals surface area (Å²) in [7, 11) is 0. The average Bonchev–Trinajstić information content (AvgIpc) is 2.06. The maximum atomic E-state index is 11.1. The summed E-state index contributed by atoms with van der Waals surface area (Å²) in [4.78, 5) is 11.1. The number of carbonyl (C=O) groups excluding carboxylic acids is 1. The number of hydrogen-bond acceptors (Lipinski definition) is 1. The summed E-state index contributed by atoms with van der Waals surface area (Å²) in [6, 6.07) is 6.54. The molecule has 2 nitrogen and oxygen atoms in total. The van der Waals surface area contributed by atoms with E-state index in [1.807, 2.05) is 0 Å². The van der Waals surface area contributed by atoms with Crippen LogP contribution in [-0.4, -0.2) is 5.91 Å². The molecule has 0 bridgehead atoms. The van der Waals surface area contributed by atoms with Gasteiger partial charge in [0.25, 0.3) is 5.91 Å². The van der Waals surface area contributed by atoms with Crippen molar-refractivity contribution >= 4 is 17.5 Å². The van der Waals surface area contributed by atoms with Crippen LogP contribution >= 0.6 is 11.6 Å². The fourth-order valence-electron chi connectivity index (χ4n) is 0.760. The van der Waals surface area contributed by atoms with Gasteiger partial charge >= 0.3 is 0 Å². The predicted octanol–water partition coefficient (Wildman–Crippen LogP) is 2.02. The van der Waals surface area contributed by atoms with E-state index in [2.05, 4.69) is 5.32 Å². The van der Waals surface area contributed by atoms with Crippen molar-refractivity contribution in [1.82, 2.24) is 5.32 Å². The van der Waals surface area contributed by atoms with Crippen molar-refractivity contribution in [1.29, 1.82) is 0 Å². The van der Waals surface area contributed by atoms with Crippen molar-refractivity contribution in [2.24, 2.45) is 0 Å². The first-order chi connectivity index (χ1) is 5.74. The van der Waals surface area contributed by atoms with Crippen molar-refractivity contribution in [3.8, 4) is 0 Å². The molecule has 1 aromatic rings. The molecule has 0 saturated heterocycles. The molecule has 0 aromatic heterocycles. The highest BCUT2D eigenvalue weighted by Crippen LogP contribution is 2.08. The molecule has 0 heterocycles. The van der Waals surface area contributed by atoms with E-state index in [9.17, 15) is 4.79 Å². The van der Waals surface area contributed by atoms with E-state index in [-0.39, 0.29) is 5.91 Å². The Morgan fingerprint density at radius 3 is 2.50 bits per heavy atom. The number of nitrogens with one attached hydrogen (secondary N) is 1. The largest absolute Gasteiger partial charge is 0.329 e. The van der Waals surface area contributed by atoms with E-state index < -0.39 is 0 Å². The van der Waals surface area contributed by atoms with Crippen molar-refractivity contribution in [3.05, 3.63) is 47.6 Å². The summed E-state index contributed by atoms with van der Waals surface area (Å²) in [5.41, 5.74) is 0.529. The van der Waals surface area contributed by atoms with E-state index in [4.69, 9.17) is 18.2 Å². The molecule has 61 valence electrons. The Kier molecular flexibility index (Phi) is 2.88. The molecule has 0 aliphatic rings. The highest BCUT2D eigenvalue weighted by atomic mass is 35.5. The highest BCUT2D eigenvalue weighted by Gasteiger charge is 2.01. The van der Waals surface area contributed by atoms with Gasteiger partial charge in [-0.05, 0) is 30.8 Å². The molecule has 1 amide bonds. The van der Waals surface area contributed by atoms with Crippen molar-refractivity contribution < 1.29 is 4.79 Å². The molecule has 0 aliphatic heterocycles. The maximum Gasteiger partial charge on any atom is 0.255 e. The molecule has 1 aromatic carbocycles. The lowest BCUT2D eigenvalue weighted by atomic mass is 10.2. The molecule has 1 N–H and O–H groups in total. The van der Waals surface area contributed by atoms with E-state index in [0.29, 0.717) is 10.6 Å². The number of halogens is 1. The fourth-order valence-corrected chi connectivity index (χ4v) is 0.886. The van der Waals surface area contributed by atoms with Crippen LogP contribution in [0.1, 0.15) is 10.4 Å². The Balaban J connectivity index is 2.82. The number of hydrogen-bond donors (Lipinski definition) is 1. The second kappa shape index (κ2) is 3.93. The van der Waals surface area contributed by atoms with Crippen LogP contribution in [0.3, 0.4) is 0 Å². The van der Waals surface area contributed by atoms with Gasteiger partial charge < -0.3 is 5.32 Å². The molecule has 12 heavy (non-hydrogen) atoms. The quantitative estimate of drug-likeness (QED) is 0.741. The molecule has 0 atom stereocenters. The fraction of sp³-hybridized carbons (Fsp3) is 0. The smallest absolute Gasteiger partial charge is 0.255 e. The van der Waals surface area contributed by atoms with Gasteiger partial charge in [-0.2, -0.15) is 0 Å². The van der Waals surface area contributed by atoms with Crippen molar-refractivity contribution in [2.45, 2.75) is 0 Å². The molecule has 1 radical (unpaired) electrons. The average molecular weight is 181 g/mol.